The van der Waals surface area contributed by atoms with Gasteiger partial charge in [-0.2, -0.15) is 0 Å². The van der Waals surface area contributed by atoms with Crippen LogP contribution in [0.15, 0.2) is 18.2 Å². The third kappa shape index (κ3) is 2.93. The van der Waals surface area contributed by atoms with Gasteiger partial charge in [0, 0.05) is 17.8 Å². The zero-order valence-corrected chi connectivity index (χ0v) is 12.1. The Morgan fingerprint density at radius 1 is 1.19 bits per heavy atom. The van der Waals surface area contributed by atoms with Crippen molar-refractivity contribution in [3.63, 3.8) is 0 Å². The number of anilines is 2. The molecule has 1 aliphatic heterocycles. The summed E-state index contributed by atoms with van der Waals surface area (Å²) in [5.41, 5.74) is 8.06. The maximum Gasteiger partial charge on any atom is 0.244 e. The van der Waals surface area contributed by atoms with Crippen LogP contribution in [0.5, 0.6) is 0 Å². The number of nitrogens with two attached hydrogens (primary N) is 1. The molecule has 1 aromatic carbocycles. The molecule has 5 nitrogen and oxygen atoms in total. The lowest BCUT2D eigenvalue weighted by atomic mass is 9.82. The monoisotopic (exact) mass is 287 g/mol. The average Bonchev–Trinajstić information content (AvgIpc) is 2.47. The molecule has 1 aliphatic carbocycles. The van der Waals surface area contributed by atoms with Crippen LogP contribution in [0.1, 0.15) is 44.1 Å². The van der Waals surface area contributed by atoms with Crippen LogP contribution >= 0.6 is 0 Å². The zero-order valence-electron chi connectivity index (χ0n) is 12.1. The van der Waals surface area contributed by atoms with Crippen LogP contribution in [0.4, 0.5) is 11.4 Å². The molecule has 1 fully saturated rings. The quantitative estimate of drug-likeness (QED) is 0.779. The van der Waals surface area contributed by atoms with E-state index in [1.165, 1.54) is 0 Å². The van der Waals surface area contributed by atoms with Gasteiger partial charge in [0.15, 0.2) is 0 Å². The van der Waals surface area contributed by atoms with E-state index in [1.807, 2.05) is 18.2 Å². The van der Waals surface area contributed by atoms with E-state index in [-0.39, 0.29) is 11.8 Å². The van der Waals surface area contributed by atoms with E-state index in [4.69, 9.17) is 5.73 Å². The summed E-state index contributed by atoms with van der Waals surface area (Å²) >= 11 is 0. The van der Waals surface area contributed by atoms with Gasteiger partial charge in [0.05, 0.1) is 5.54 Å². The fourth-order valence-corrected chi connectivity index (χ4v) is 3.11. The second-order valence-electron chi connectivity index (χ2n) is 6.09. The second kappa shape index (κ2) is 5.48. The van der Waals surface area contributed by atoms with Crippen LogP contribution in [-0.2, 0) is 16.0 Å². The molecular weight excluding hydrogens is 266 g/mol. The summed E-state index contributed by atoms with van der Waals surface area (Å²) in [6, 6.07) is 5.64. The first-order valence-electron chi connectivity index (χ1n) is 7.60. The molecule has 0 aromatic heterocycles. The van der Waals surface area contributed by atoms with Crippen molar-refractivity contribution in [1.82, 2.24) is 0 Å². The number of hydrogen-bond acceptors (Lipinski definition) is 3. The molecule has 0 radical (unpaired) electrons. The SMILES string of the molecule is NC1(C(=O)Nc2ccc3c(c2)NC(=O)CC3)CCCCC1. The summed E-state index contributed by atoms with van der Waals surface area (Å²) < 4.78 is 0. The van der Waals surface area contributed by atoms with Gasteiger partial charge in [-0.15, -0.1) is 0 Å². The van der Waals surface area contributed by atoms with Crippen LogP contribution < -0.4 is 16.4 Å². The molecule has 3 rings (SSSR count). The molecule has 0 bridgehead atoms. The highest BCUT2D eigenvalue weighted by Crippen LogP contribution is 2.29. The number of amides is 2. The number of rotatable bonds is 2. The van der Waals surface area contributed by atoms with E-state index in [0.717, 1.165) is 49.8 Å². The summed E-state index contributed by atoms with van der Waals surface area (Å²) in [5.74, 6) is -0.0992. The van der Waals surface area contributed by atoms with Crippen LogP contribution in [0.3, 0.4) is 0 Å². The number of fused-ring (bicyclic) bond motifs is 1. The summed E-state index contributed by atoms with van der Waals surface area (Å²) in [6.45, 7) is 0. The number of benzene rings is 1. The lowest BCUT2D eigenvalue weighted by molar-refractivity contribution is -0.122. The highest BCUT2D eigenvalue weighted by atomic mass is 16.2. The van der Waals surface area contributed by atoms with Crippen molar-refractivity contribution in [1.29, 1.82) is 0 Å². The maximum absolute atomic E-state index is 12.4. The Morgan fingerprint density at radius 2 is 1.95 bits per heavy atom. The standard InChI is InChI=1S/C16H21N3O2/c17-16(8-2-1-3-9-16)15(21)18-12-6-4-11-5-7-14(20)19-13(11)10-12/h4,6,10H,1-3,5,7-9,17H2,(H,18,21)(H,19,20). The Bertz CT molecular complexity index is 577. The number of hydrogen-bond donors (Lipinski definition) is 3. The summed E-state index contributed by atoms with van der Waals surface area (Å²) in [5, 5.41) is 5.74. The van der Waals surface area contributed by atoms with Gasteiger partial charge < -0.3 is 16.4 Å². The van der Waals surface area contributed by atoms with E-state index in [9.17, 15) is 9.59 Å². The van der Waals surface area contributed by atoms with Crippen molar-refractivity contribution in [2.75, 3.05) is 10.6 Å². The van der Waals surface area contributed by atoms with Crippen molar-refractivity contribution in [2.45, 2.75) is 50.5 Å². The molecule has 4 N–H and O–H groups in total. The average molecular weight is 287 g/mol. The van der Waals surface area contributed by atoms with Crippen LogP contribution in [0.25, 0.3) is 0 Å². The Hall–Kier alpha value is -1.88. The number of carbonyl (C=O) groups excluding carboxylic acids is 2. The molecule has 112 valence electrons. The normalized spacial score (nSPS) is 20.3. The highest BCUT2D eigenvalue weighted by Gasteiger charge is 2.35. The predicted molar refractivity (Wildman–Crippen MR) is 82.0 cm³/mol. The molecule has 21 heavy (non-hydrogen) atoms. The smallest absolute Gasteiger partial charge is 0.244 e. The van der Waals surface area contributed by atoms with E-state index in [0.29, 0.717) is 12.1 Å². The first-order chi connectivity index (χ1) is 10.1. The summed E-state index contributed by atoms with van der Waals surface area (Å²) in [7, 11) is 0. The zero-order chi connectivity index (χ0) is 14.9. The van der Waals surface area contributed by atoms with Crippen molar-refractivity contribution < 1.29 is 9.59 Å². The second-order valence-corrected chi connectivity index (χ2v) is 6.09. The van der Waals surface area contributed by atoms with Crippen molar-refractivity contribution in [3.8, 4) is 0 Å². The van der Waals surface area contributed by atoms with Crippen molar-refractivity contribution in [3.05, 3.63) is 23.8 Å². The van der Waals surface area contributed by atoms with E-state index in [1.54, 1.807) is 0 Å². The highest BCUT2D eigenvalue weighted by molar-refractivity contribution is 5.99. The van der Waals surface area contributed by atoms with Crippen molar-refractivity contribution in [2.24, 2.45) is 5.73 Å². The number of carbonyl (C=O) groups is 2. The van der Waals surface area contributed by atoms with Gasteiger partial charge in [0.25, 0.3) is 0 Å². The van der Waals surface area contributed by atoms with E-state index in [2.05, 4.69) is 10.6 Å². The Morgan fingerprint density at radius 3 is 2.71 bits per heavy atom. The van der Waals surface area contributed by atoms with Crippen LogP contribution in [0, 0.1) is 0 Å². The third-order valence-electron chi connectivity index (χ3n) is 4.46. The molecule has 0 saturated heterocycles. The molecule has 0 unspecified atom stereocenters. The largest absolute Gasteiger partial charge is 0.326 e. The minimum absolute atomic E-state index is 0.0218. The number of aryl methyl sites for hydroxylation is 1. The van der Waals surface area contributed by atoms with Gasteiger partial charge in [0.2, 0.25) is 11.8 Å². The molecule has 1 aromatic rings. The van der Waals surface area contributed by atoms with E-state index >= 15 is 0 Å². The number of nitrogens with one attached hydrogen (secondary N) is 2. The summed E-state index contributed by atoms with van der Waals surface area (Å²) in [6.07, 6.45) is 5.90. The van der Waals surface area contributed by atoms with Gasteiger partial charge in [-0.05, 0) is 37.0 Å². The maximum atomic E-state index is 12.4. The Balaban J connectivity index is 1.74. The molecule has 5 heteroatoms. The molecule has 1 saturated carbocycles. The molecule has 0 spiro atoms. The molecule has 1 heterocycles. The minimum atomic E-state index is -0.753. The molecule has 2 aliphatic rings. The fraction of sp³-hybridized carbons (Fsp3) is 0.500. The van der Waals surface area contributed by atoms with Gasteiger partial charge >= 0.3 is 0 Å². The fourth-order valence-electron chi connectivity index (χ4n) is 3.11. The first kappa shape index (κ1) is 14.1. The van der Waals surface area contributed by atoms with Crippen molar-refractivity contribution >= 4 is 23.2 Å². The minimum Gasteiger partial charge on any atom is -0.326 e. The molecule has 0 atom stereocenters. The third-order valence-corrected chi connectivity index (χ3v) is 4.46. The Kier molecular flexibility index (Phi) is 3.68. The van der Waals surface area contributed by atoms with Gasteiger partial charge in [-0.1, -0.05) is 25.3 Å². The predicted octanol–water partition coefficient (Wildman–Crippen LogP) is 2.17. The van der Waals surface area contributed by atoms with Crippen LogP contribution in [0.2, 0.25) is 0 Å². The van der Waals surface area contributed by atoms with E-state index < -0.39 is 5.54 Å². The van der Waals surface area contributed by atoms with Gasteiger partial charge in [0.1, 0.15) is 0 Å². The van der Waals surface area contributed by atoms with Gasteiger partial charge in [-0.3, -0.25) is 9.59 Å². The first-order valence-corrected chi connectivity index (χ1v) is 7.60. The molecular formula is C16H21N3O2. The molecule has 2 amide bonds. The topological polar surface area (TPSA) is 84.2 Å². The van der Waals surface area contributed by atoms with Gasteiger partial charge in [-0.25, -0.2) is 0 Å². The lowest BCUT2D eigenvalue weighted by Gasteiger charge is -2.32. The Labute approximate surface area is 124 Å². The van der Waals surface area contributed by atoms with Crippen LogP contribution in [-0.4, -0.2) is 17.4 Å². The summed E-state index contributed by atoms with van der Waals surface area (Å²) in [4.78, 5) is 23.8. The lowest BCUT2D eigenvalue weighted by Crippen LogP contribution is -2.52.